The first-order chi connectivity index (χ1) is 12.7. The highest BCUT2D eigenvalue weighted by atomic mass is 16.2. The molecular weight excluding hydrogens is 324 g/mol. The third-order valence-corrected chi connectivity index (χ3v) is 5.68. The lowest BCUT2D eigenvalue weighted by Crippen LogP contribution is -2.53. The topological polar surface area (TPSA) is 40.5 Å². The van der Waals surface area contributed by atoms with Crippen molar-refractivity contribution in [3.05, 3.63) is 59.9 Å². The maximum Gasteiger partial charge on any atom is 0.318 e. The van der Waals surface area contributed by atoms with Crippen LogP contribution in [0.3, 0.4) is 0 Å². The van der Waals surface area contributed by atoms with E-state index in [0.29, 0.717) is 0 Å². The van der Waals surface area contributed by atoms with E-state index < -0.39 is 0 Å². The minimum Gasteiger partial charge on any atom is -0.348 e. The highest BCUT2D eigenvalue weighted by molar-refractivity contribution is 5.75. The zero-order chi connectivity index (χ0) is 17.9. The highest BCUT2D eigenvalue weighted by Crippen LogP contribution is 2.25. The SMILES string of the molecule is CC1c2cccn2CCN1C(=O)NC1CCCN(Cc2ccccc2)C1. The summed E-state index contributed by atoms with van der Waals surface area (Å²) in [5.41, 5.74) is 2.56. The third kappa shape index (κ3) is 3.63. The van der Waals surface area contributed by atoms with Gasteiger partial charge in [0.1, 0.15) is 0 Å². The van der Waals surface area contributed by atoms with E-state index in [1.807, 2.05) is 4.90 Å². The van der Waals surface area contributed by atoms with Crippen LogP contribution in [0.4, 0.5) is 4.79 Å². The number of carbonyl (C=O) groups is 1. The Morgan fingerprint density at radius 2 is 1.96 bits per heavy atom. The molecule has 3 heterocycles. The van der Waals surface area contributed by atoms with Gasteiger partial charge in [0.2, 0.25) is 0 Å². The number of piperidine rings is 1. The van der Waals surface area contributed by atoms with Gasteiger partial charge in [-0.25, -0.2) is 4.79 Å². The molecule has 26 heavy (non-hydrogen) atoms. The average molecular weight is 352 g/mol. The van der Waals surface area contributed by atoms with Gasteiger partial charge in [0.25, 0.3) is 0 Å². The fraction of sp³-hybridized carbons (Fsp3) is 0.476. The summed E-state index contributed by atoms with van der Waals surface area (Å²) >= 11 is 0. The smallest absolute Gasteiger partial charge is 0.318 e. The van der Waals surface area contributed by atoms with Gasteiger partial charge in [-0.15, -0.1) is 0 Å². The number of aromatic nitrogens is 1. The van der Waals surface area contributed by atoms with E-state index in [0.717, 1.165) is 45.6 Å². The Bertz CT molecular complexity index is 741. The monoisotopic (exact) mass is 352 g/mol. The van der Waals surface area contributed by atoms with E-state index in [-0.39, 0.29) is 18.1 Å². The number of likely N-dealkylation sites (tertiary alicyclic amines) is 1. The van der Waals surface area contributed by atoms with E-state index in [4.69, 9.17) is 0 Å². The van der Waals surface area contributed by atoms with Crippen LogP contribution in [0.1, 0.15) is 37.1 Å². The molecule has 2 aliphatic rings. The first kappa shape index (κ1) is 17.2. The molecule has 1 aromatic carbocycles. The molecule has 2 aliphatic heterocycles. The molecule has 138 valence electrons. The zero-order valence-corrected chi connectivity index (χ0v) is 15.5. The Balaban J connectivity index is 1.34. The Labute approximate surface area is 155 Å². The van der Waals surface area contributed by atoms with Gasteiger partial charge in [0, 0.05) is 44.1 Å². The minimum atomic E-state index is 0.0801. The van der Waals surface area contributed by atoms with Gasteiger partial charge in [-0.3, -0.25) is 4.90 Å². The van der Waals surface area contributed by atoms with Crippen molar-refractivity contribution in [2.24, 2.45) is 0 Å². The fourth-order valence-electron chi connectivity index (χ4n) is 4.27. The number of nitrogens with one attached hydrogen (secondary N) is 1. The molecule has 0 spiro atoms. The molecule has 0 aliphatic carbocycles. The molecule has 4 rings (SSSR count). The van der Waals surface area contributed by atoms with Gasteiger partial charge in [-0.2, -0.15) is 0 Å². The van der Waals surface area contributed by atoms with Crippen molar-refractivity contribution in [1.82, 2.24) is 19.7 Å². The molecule has 5 heteroatoms. The Kier molecular flexibility index (Phi) is 4.98. The Hall–Kier alpha value is -2.27. The second-order valence-corrected chi connectivity index (χ2v) is 7.51. The van der Waals surface area contributed by atoms with Crippen LogP contribution in [0.25, 0.3) is 0 Å². The maximum absolute atomic E-state index is 12.9. The van der Waals surface area contributed by atoms with Gasteiger partial charge in [-0.1, -0.05) is 30.3 Å². The molecule has 1 N–H and O–H groups in total. The first-order valence-electron chi connectivity index (χ1n) is 9.69. The predicted molar refractivity (Wildman–Crippen MR) is 103 cm³/mol. The van der Waals surface area contributed by atoms with Gasteiger partial charge in [-0.05, 0) is 44.0 Å². The number of nitrogens with zero attached hydrogens (tertiary/aromatic N) is 3. The van der Waals surface area contributed by atoms with Crippen molar-refractivity contribution in [3.63, 3.8) is 0 Å². The molecule has 1 saturated heterocycles. The predicted octanol–water partition coefficient (Wildman–Crippen LogP) is 3.24. The lowest BCUT2D eigenvalue weighted by molar-refractivity contribution is 0.143. The number of carbonyl (C=O) groups excluding carboxylic acids is 1. The number of hydrogen-bond acceptors (Lipinski definition) is 2. The van der Waals surface area contributed by atoms with Crippen molar-refractivity contribution in [2.45, 2.75) is 44.9 Å². The molecule has 0 radical (unpaired) electrons. The second kappa shape index (κ2) is 7.54. The van der Waals surface area contributed by atoms with Gasteiger partial charge in [0.15, 0.2) is 0 Å². The van der Waals surface area contributed by atoms with E-state index in [1.165, 1.54) is 11.3 Å². The molecule has 5 nitrogen and oxygen atoms in total. The minimum absolute atomic E-state index is 0.0801. The largest absolute Gasteiger partial charge is 0.348 e. The van der Waals surface area contributed by atoms with Crippen molar-refractivity contribution >= 4 is 6.03 Å². The summed E-state index contributed by atoms with van der Waals surface area (Å²) in [4.78, 5) is 17.3. The summed E-state index contributed by atoms with van der Waals surface area (Å²) in [6, 6.07) is 15.2. The summed E-state index contributed by atoms with van der Waals surface area (Å²) in [6.07, 6.45) is 4.30. The number of benzene rings is 1. The highest BCUT2D eigenvalue weighted by Gasteiger charge is 2.29. The van der Waals surface area contributed by atoms with Crippen LogP contribution in [-0.2, 0) is 13.1 Å². The van der Waals surface area contributed by atoms with Crippen LogP contribution in [0.5, 0.6) is 0 Å². The van der Waals surface area contributed by atoms with Crippen LogP contribution in [0, 0.1) is 0 Å². The lowest BCUT2D eigenvalue weighted by atomic mass is 10.0. The average Bonchev–Trinajstić information content (AvgIpc) is 3.13. The summed E-state index contributed by atoms with van der Waals surface area (Å²) in [6.45, 7) is 6.77. The number of rotatable bonds is 3. The van der Waals surface area contributed by atoms with E-state index in [9.17, 15) is 4.79 Å². The zero-order valence-electron chi connectivity index (χ0n) is 15.5. The first-order valence-corrected chi connectivity index (χ1v) is 9.69. The lowest BCUT2D eigenvalue weighted by Gasteiger charge is -2.38. The van der Waals surface area contributed by atoms with Crippen LogP contribution >= 0.6 is 0 Å². The molecule has 0 saturated carbocycles. The maximum atomic E-state index is 12.9. The standard InChI is InChI=1S/C21H28N4O/c1-17-20-10-6-12-24(20)13-14-25(17)21(26)22-19-9-5-11-23(16-19)15-18-7-3-2-4-8-18/h2-4,6-8,10,12,17,19H,5,9,11,13-16H2,1H3,(H,22,26). The summed E-state index contributed by atoms with van der Waals surface area (Å²) in [7, 11) is 0. The van der Waals surface area contributed by atoms with Crippen LogP contribution < -0.4 is 5.32 Å². The van der Waals surface area contributed by atoms with E-state index in [2.05, 4.69) is 70.4 Å². The van der Waals surface area contributed by atoms with Gasteiger partial charge >= 0.3 is 6.03 Å². The van der Waals surface area contributed by atoms with Crippen molar-refractivity contribution in [1.29, 1.82) is 0 Å². The molecule has 1 fully saturated rings. The number of hydrogen-bond donors (Lipinski definition) is 1. The molecule has 2 amide bonds. The normalized spacial score (nSPS) is 23.5. The quantitative estimate of drug-likeness (QED) is 0.921. The summed E-state index contributed by atoms with van der Waals surface area (Å²) < 4.78 is 2.25. The van der Waals surface area contributed by atoms with Crippen molar-refractivity contribution in [2.75, 3.05) is 19.6 Å². The van der Waals surface area contributed by atoms with E-state index in [1.54, 1.807) is 0 Å². The van der Waals surface area contributed by atoms with Gasteiger partial charge in [0.05, 0.1) is 6.04 Å². The van der Waals surface area contributed by atoms with Gasteiger partial charge < -0.3 is 14.8 Å². The fourth-order valence-corrected chi connectivity index (χ4v) is 4.27. The van der Waals surface area contributed by atoms with Crippen LogP contribution in [-0.4, -0.2) is 46.1 Å². The second-order valence-electron chi connectivity index (χ2n) is 7.51. The van der Waals surface area contributed by atoms with Crippen molar-refractivity contribution in [3.8, 4) is 0 Å². The van der Waals surface area contributed by atoms with Crippen LogP contribution in [0.2, 0.25) is 0 Å². The third-order valence-electron chi connectivity index (χ3n) is 5.68. The molecule has 2 unspecified atom stereocenters. The van der Waals surface area contributed by atoms with E-state index >= 15 is 0 Å². The molecule has 2 aromatic rings. The Morgan fingerprint density at radius 3 is 2.81 bits per heavy atom. The molecule has 2 atom stereocenters. The summed E-state index contributed by atoms with van der Waals surface area (Å²) in [5, 5.41) is 3.29. The number of amides is 2. The summed E-state index contributed by atoms with van der Waals surface area (Å²) in [5.74, 6) is 0. The Morgan fingerprint density at radius 1 is 1.12 bits per heavy atom. The number of urea groups is 1. The van der Waals surface area contributed by atoms with Crippen molar-refractivity contribution < 1.29 is 4.79 Å². The molecule has 0 bridgehead atoms. The van der Waals surface area contributed by atoms with Crippen LogP contribution in [0.15, 0.2) is 48.7 Å². The molecule has 1 aromatic heterocycles. The molecular formula is C21H28N4O. The number of fused-ring (bicyclic) bond motifs is 1.